The minimum atomic E-state index is 0.993. The zero-order chi connectivity index (χ0) is 6.69. The monoisotopic (exact) mass is 124 g/mol. The Morgan fingerprint density at radius 3 is 2.44 bits per heavy atom. The van der Waals surface area contributed by atoms with Crippen LogP contribution < -0.4 is 0 Å². The molecule has 0 spiro atoms. The summed E-state index contributed by atoms with van der Waals surface area (Å²) in [5, 5.41) is 0. The first-order chi connectivity index (χ1) is 4.38. The number of hydrogen-bond donors (Lipinski definition) is 0. The molecule has 52 valence electrons. The summed E-state index contributed by atoms with van der Waals surface area (Å²) in [7, 11) is 0. The van der Waals surface area contributed by atoms with E-state index in [1.165, 1.54) is 25.7 Å². The first-order valence-corrected chi connectivity index (χ1v) is 3.99. The molecule has 0 bridgehead atoms. The quantitative estimate of drug-likeness (QED) is 0.507. The summed E-state index contributed by atoms with van der Waals surface area (Å²) in [6.45, 7) is 6.04. The van der Waals surface area contributed by atoms with Crippen molar-refractivity contribution in [1.29, 1.82) is 0 Å². The third kappa shape index (κ3) is 1.35. The standard InChI is InChI=1S/C9H16/c1-3-5-9-7-6-8(9)4-2/h3,8-9H,1,4-7H2,2H3. The van der Waals surface area contributed by atoms with Crippen molar-refractivity contribution >= 4 is 0 Å². The molecule has 1 aliphatic carbocycles. The molecule has 0 aromatic heterocycles. The smallest absolute Gasteiger partial charge is 0.0322 e. The van der Waals surface area contributed by atoms with Crippen LogP contribution in [-0.4, -0.2) is 0 Å². The maximum atomic E-state index is 3.75. The van der Waals surface area contributed by atoms with Gasteiger partial charge in [-0.2, -0.15) is 0 Å². The summed E-state index contributed by atoms with van der Waals surface area (Å²) in [6, 6.07) is 0. The fourth-order valence-electron chi connectivity index (χ4n) is 1.70. The number of rotatable bonds is 3. The highest BCUT2D eigenvalue weighted by Crippen LogP contribution is 2.38. The van der Waals surface area contributed by atoms with Crippen LogP contribution in [0.15, 0.2) is 12.7 Å². The molecular formula is C9H16. The first kappa shape index (κ1) is 6.85. The van der Waals surface area contributed by atoms with Crippen LogP contribution in [0.1, 0.15) is 32.6 Å². The van der Waals surface area contributed by atoms with E-state index in [4.69, 9.17) is 0 Å². The molecule has 1 saturated carbocycles. The molecule has 1 aliphatic rings. The van der Waals surface area contributed by atoms with Gasteiger partial charge in [0.05, 0.1) is 0 Å². The van der Waals surface area contributed by atoms with Gasteiger partial charge in [0.25, 0.3) is 0 Å². The minimum Gasteiger partial charge on any atom is -0.103 e. The van der Waals surface area contributed by atoms with Crippen molar-refractivity contribution in [2.24, 2.45) is 11.8 Å². The lowest BCUT2D eigenvalue weighted by Gasteiger charge is -2.35. The van der Waals surface area contributed by atoms with Gasteiger partial charge in [0.2, 0.25) is 0 Å². The average Bonchev–Trinajstić information content (AvgIpc) is 1.82. The third-order valence-electron chi connectivity index (χ3n) is 2.57. The molecule has 2 unspecified atom stereocenters. The highest BCUT2D eigenvalue weighted by Gasteiger charge is 2.27. The SMILES string of the molecule is C=CCC1CCC1CC. The Bertz CT molecular complexity index is 92.2. The van der Waals surface area contributed by atoms with Gasteiger partial charge in [-0.3, -0.25) is 0 Å². The molecule has 0 saturated heterocycles. The molecular weight excluding hydrogens is 108 g/mol. The van der Waals surface area contributed by atoms with Crippen molar-refractivity contribution in [3.63, 3.8) is 0 Å². The van der Waals surface area contributed by atoms with Gasteiger partial charge in [0.1, 0.15) is 0 Å². The summed E-state index contributed by atoms with van der Waals surface area (Å²) in [6.07, 6.45) is 7.60. The molecule has 0 heterocycles. The summed E-state index contributed by atoms with van der Waals surface area (Å²) in [5.41, 5.74) is 0. The van der Waals surface area contributed by atoms with E-state index >= 15 is 0 Å². The average molecular weight is 124 g/mol. The zero-order valence-corrected chi connectivity index (χ0v) is 6.27. The van der Waals surface area contributed by atoms with Crippen LogP contribution in [0.2, 0.25) is 0 Å². The highest BCUT2D eigenvalue weighted by molar-refractivity contribution is 4.84. The largest absolute Gasteiger partial charge is 0.103 e. The zero-order valence-electron chi connectivity index (χ0n) is 6.27. The minimum absolute atomic E-state index is 0.993. The van der Waals surface area contributed by atoms with Gasteiger partial charge in [0.15, 0.2) is 0 Å². The fourth-order valence-corrected chi connectivity index (χ4v) is 1.70. The molecule has 1 fully saturated rings. The van der Waals surface area contributed by atoms with Gasteiger partial charge in [0, 0.05) is 0 Å². The Kier molecular flexibility index (Phi) is 2.32. The van der Waals surface area contributed by atoms with Gasteiger partial charge in [-0.05, 0) is 31.1 Å². The molecule has 2 atom stereocenters. The van der Waals surface area contributed by atoms with Crippen molar-refractivity contribution in [2.45, 2.75) is 32.6 Å². The molecule has 0 heteroatoms. The summed E-state index contributed by atoms with van der Waals surface area (Å²) in [4.78, 5) is 0. The van der Waals surface area contributed by atoms with Crippen LogP contribution in [0.4, 0.5) is 0 Å². The summed E-state index contributed by atoms with van der Waals surface area (Å²) in [5.74, 6) is 2.02. The molecule has 9 heavy (non-hydrogen) atoms. The maximum Gasteiger partial charge on any atom is -0.0322 e. The van der Waals surface area contributed by atoms with Gasteiger partial charge in [-0.1, -0.05) is 19.4 Å². The molecule has 0 aliphatic heterocycles. The predicted octanol–water partition coefficient (Wildman–Crippen LogP) is 3.00. The normalized spacial score (nSPS) is 33.4. The van der Waals surface area contributed by atoms with E-state index in [0.717, 1.165) is 11.8 Å². The van der Waals surface area contributed by atoms with Crippen molar-refractivity contribution in [2.75, 3.05) is 0 Å². The van der Waals surface area contributed by atoms with E-state index in [0.29, 0.717) is 0 Å². The molecule has 0 aromatic rings. The van der Waals surface area contributed by atoms with E-state index < -0.39 is 0 Å². The molecule has 0 radical (unpaired) electrons. The number of allylic oxidation sites excluding steroid dienone is 1. The van der Waals surface area contributed by atoms with Crippen LogP contribution in [0.3, 0.4) is 0 Å². The second kappa shape index (κ2) is 3.05. The Morgan fingerprint density at radius 1 is 1.44 bits per heavy atom. The maximum absolute atomic E-state index is 3.75. The van der Waals surface area contributed by atoms with E-state index in [2.05, 4.69) is 19.6 Å². The van der Waals surface area contributed by atoms with Crippen molar-refractivity contribution in [3.8, 4) is 0 Å². The van der Waals surface area contributed by atoms with Crippen molar-refractivity contribution in [3.05, 3.63) is 12.7 Å². The van der Waals surface area contributed by atoms with E-state index in [1.54, 1.807) is 0 Å². The third-order valence-corrected chi connectivity index (χ3v) is 2.57. The summed E-state index contributed by atoms with van der Waals surface area (Å²) >= 11 is 0. The Balaban J connectivity index is 2.18. The Hall–Kier alpha value is -0.260. The molecule has 0 N–H and O–H groups in total. The molecule has 0 amide bonds. The van der Waals surface area contributed by atoms with Gasteiger partial charge in [-0.15, -0.1) is 6.58 Å². The van der Waals surface area contributed by atoms with Gasteiger partial charge in [-0.25, -0.2) is 0 Å². The Labute approximate surface area is 58.0 Å². The van der Waals surface area contributed by atoms with Crippen molar-refractivity contribution in [1.82, 2.24) is 0 Å². The second-order valence-electron chi connectivity index (χ2n) is 3.03. The van der Waals surface area contributed by atoms with Crippen LogP contribution >= 0.6 is 0 Å². The van der Waals surface area contributed by atoms with Crippen LogP contribution in [0.25, 0.3) is 0 Å². The van der Waals surface area contributed by atoms with Gasteiger partial charge < -0.3 is 0 Å². The lowest BCUT2D eigenvalue weighted by molar-refractivity contribution is 0.173. The fraction of sp³-hybridized carbons (Fsp3) is 0.778. The van der Waals surface area contributed by atoms with E-state index in [9.17, 15) is 0 Å². The second-order valence-corrected chi connectivity index (χ2v) is 3.03. The van der Waals surface area contributed by atoms with Crippen LogP contribution in [0.5, 0.6) is 0 Å². The molecule has 0 nitrogen and oxygen atoms in total. The Morgan fingerprint density at radius 2 is 2.11 bits per heavy atom. The lowest BCUT2D eigenvalue weighted by atomic mass is 9.71. The molecule has 0 aromatic carbocycles. The van der Waals surface area contributed by atoms with E-state index in [1.807, 2.05) is 0 Å². The van der Waals surface area contributed by atoms with Crippen LogP contribution in [0, 0.1) is 11.8 Å². The number of hydrogen-bond acceptors (Lipinski definition) is 0. The van der Waals surface area contributed by atoms with Gasteiger partial charge >= 0.3 is 0 Å². The van der Waals surface area contributed by atoms with Crippen molar-refractivity contribution < 1.29 is 0 Å². The highest BCUT2D eigenvalue weighted by atomic mass is 14.3. The lowest BCUT2D eigenvalue weighted by Crippen LogP contribution is -2.24. The van der Waals surface area contributed by atoms with E-state index in [-0.39, 0.29) is 0 Å². The molecule has 1 rings (SSSR count). The summed E-state index contributed by atoms with van der Waals surface area (Å²) < 4.78 is 0. The van der Waals surface area contributed by atoms with Crippen LogP contribution in [-0.2, 0) is 0 Å². The first-order valence-electron chi connectivity index (χ1n) is 3.99. The predicted molar refractivity (Wildman–Crippen MR) is 41.3 cm³/mol. The topological polar surface area (TPSA) is 0 Å².